The highest BCUT2D eigenvalue weighted by Crippen LogP contribution is 2.31. The van der Waals surface area contributed by atoms with E-state index in [9.17, 15) is 4.39 Å². The van der Waals surface area contributed by atoms with Gasteiger partial charge in [-0.25, -0.2) is 4.39 Å². The van der Waals surface area contributed by atoms with E-state index < -0.39 is 0 Å². The highest BCUT2D eigenvalue weighted by atomic mass is 79.9. The summed E-state index contributed by atoms with van der Waals surface area (Å²) >= 11 is 3.28. The topological polar surface area (TPSA) is 15.3 Å². The molecular weight excluding hydrogens is 378 g/mol. The maximum atomic E-state index is 14.3. The van der Waals surface area contributed by atoms with Crippen molar-refractivity contribution in [3.05, 3.63) is 46.7 Å². The second-order valence-corrected chi connectivity index (χ2v) is 5.67. The minimum Gasteiger partial charge on any atom is -0.314 e. The van der Waals surface area contributed by atoms with Crippen molar-refractivity contribution in [3.63, 3.8) is 0 Å². The second-order valence-electron chi connectivity index (χ2n) is 4.81. The Morgan fingerprint density at radius 2 is 2.00 bits per heavy atom. The largest absolute Gasteiger partial charge is 0.314 e. The smallest absolute Gasteiger partial charge is 0.142 e. The second kappa shape index (κ2) is 10.6. The number of hydrogen-bond donors (Lipinski definition) is 1. The summed E-state index contributed by atoms with van der Waals surface area (Å²) in [5.74, 6) is -0.130. The summed E-state index contributed by atoms with van der Waals surface area (Å²) in [6, 6.07) is 5.69. The van der Waals surface area contributed by atoms with E-state index >= 15 is 0 Å². The van der Waals surface area contributed by atoms with Crippen LogP contribution < -0.4 is 5.32 Å². The number of benzene rings is 1. The molecule has 1 heterocycles. The minimum atomic E-state index is -0.130. The van der Waals surface area contributed by atoms with E-state index in [0.29, 0.717) is 4.47 Å². The number of halogens is 4. The molecule has 120 valence electrons. The average Bonchev–Trinajstić information content (AvgIpc) is 2.45. The first kappa shape index (κ1) is 20.9. The van der Waals surface area contributed by atoms with Gasteiger partial charge in [0.2, 0.25) is 0 Å². The Hall–Kier alpha value is -0.130. The molecule has 1 atom stereocenters. The Labute approximate surface area is 147 Å². The molecule has 0 bridgehead atoms. The van der Waals surface area contributed by atoms with Crippen LogP contribution in [-0.4, -0.2) is 31.1 Å². The number of hydrogen-bond acceptors (Lipinski definition) is 2. The summed E-state index contributed by atoms with van der Waals surface area (Å²) in [5, 5.41) is 3.34. The van der Waals surface area contributed by atoms with Gasteiger partial charge in [-0.15, -0.1) is 31.4 Å². The van der Waals surface area contributed by atoms with Crippen LogP contribution in [-0.2, 0) is 0 Å². The Kier molecular flexibility index (Phi) is 10.5. The first-order chi connectivity index (χ1) is 9.24. The maximum Gasteiger partial charge on any atom is 0.142 e. The zero-order chi connectivity index (χ0) is 13.7. The highest BCUT2D eigenvalue weighted by molar-refractivity contribution is 9.10. The number of piperazine rings is 1. The fraction of sp³-hybridized carbons (Fsp3) is 0.467. The molecule has 0 saturated carbocycles. The maximum absolute atomic E-state index is 14.3. The Bertz CT molecular complexity index is 440. The minimum absolute atomic E-state index is 0. The third kappa shape index (κ3) is 5.53. The van der Waals surface area contributed by atoms with Gasteiger partial charge in [-0.3, -0.25) is 4.90 Å². The zero-order valence-corrected chi connectivity index (χ0v) is 15.1. The van der Waals surface area contributed by atoms with Gasteiger partial charge >= 0.3 is 0 Å². The van der Waals surface area contributed by atoms with Gasteiger partial charge in [0.15, 0.2) is 0 Å². The number of allylic oxidation sites excluding steroid dienone is 1. The van der Waals surface area contributed by atoms with Gasteiger partial charge in [-0.1, -0.05) is 18.2 Å². The zero-order valence-electron chi connectivity index (χ0n) is 11.9. The van der Waals surface area contributed by atoms with Gasteiger partial charge in [-0.05, 0) is 34.8 Å². The number of rotatable bonds is 5. The molecule has 1 N–H and O–H groups in total. The van der Waals surface area contributed by atoms with Crippen LogP contribution in [0.2, 0.25) is 0 Å². The molecule has 1 fully saturated rings. The SMILES string of the molecule is C=CCC[C@H](c1cccc(Br)c1F)N1CCNCC1.Cl.Cl. The fourth-order valence-electron chi connectivity index (χ4n) is 2.58. The van der Waals surface area contributed by atoms with E-state index in [1.807, 2.05) is 18.2 Å². The first-order valence-electron chi connectivity index (χ1n) is 6.73. The molecule has 1 aromatic carbocycles. The van der Waals surface area contributed by atoms with Crippen LogP contribution >= 0.6 is 40.7 Å². The number of nitrogens with one attached hydrogen (secondary N) is 1. The highest BCUT2D eigenvalue weighted by Gasteiger charge is 2.24. The summed E-state index contributed by atoms with van der Waals surface area (Å²) in [7, 11) is 0. The van der Waals surface area contributed by atoms with E-state index in [-0.39, 0.29) is 36.7 Å². The van der Waals surface area contributed by atoms with Crippen LogP contribution in [0, 0.1) is 5.82 Å². The van der Waals surface area contributed by atoms with Crippen molar-refractivity contribution in [3.8, 4) is 0 Å². The molecule has 0 unspecified atom stereocenters. The lowest BCUT2D eigenvalue weighted by Crippen LogP contribution is -2.45. The summed E-state index contributed by atoms with van der Waals surface area (Å²) in [6.07, 6.45) is 3.72. The van der Waals surface area contributed by atoms with Gasteiger partial charge in [0, 0.05) is 37.8 Å². The molecule has 1 aliphatic rings. The normalized spacial score (nSPS) is 16.5. The lowest BCUT2D eigenvalue weighted by Gasteiger charge is -2.35. The van der Waals surface area contributed by atoms with Crippen molar-refractivity contribution < 1.29 is 4.39 Å². The van der Waals surface area contributed by atoms with Crippen LogP contribution in [0.3, 0.4) is 0 Å². The van der Waals surface area contributed by atoms with E-state index in [1.165, 1.54) is 0 Å². The Balaban J connectivity index is 0.00000200. The predicted molar refractivity (Wildman–Crippen MR) is 95.2 cm³/mol. The lowest BCUT2D eigenvalue weighted by molar-refractivity contribution is 0.163. The van der Waals surface area contributed by atoms with Crippen molar-refractivity contribution in [2.45, 2.75) is 18.9 Å². The van der Waals surface area contributed by atoms with Gasteiger partial charge in [-0.2, -0.15) is 0 Å². The summed E-state index contributed by atoms with van der Waals surface area (Å²) in [5.41, 5.74) is 0.790. The van der Waals surface area contributed by atoms with Crippen LogP contribution in [0.1, 0.15) is 24.4 Å². The molecule has 1 aromatic rings. The summed E-state index contributed by atoms with van der Waals surface area (Å²) in [6.45, 7) is 7.65. The van der Waals surface area contributed by atoms with Crippen LogP contribution in [0.5, 0.6) is 0 Å². The molecule has 21 heavy (non-hydrogen) atoms. The van der Waals surface area contributed by atoms with Crippen molar-refractivity contribution in [1.29, 1.82) is 0 Å². The molecule has 1 saturated heterocycles. The van der Waals surface area contributed by atoms with Crippen molar-refractivity contribution in [2.24, 2.45) is 0 Å². The van der Waals surface area contributed by atoms with Crippen LogP contribution in [0.4, 0.5) is 4.39 Å². The van der Waals surface area contributed by atoms with Gasteiger partial charge in [0.25, 0.3) is 0 Å². The van der Waals surface area contributed by atoms with Gasteiger partial charge < -0.3 is 5.32 Å². The van der Waals surface area contributed by atoms with Gasteiger partial charge in [0.1, 0.15) is 5.82 Å². The standard InChI is InChI=1S/C15H20BrFN2.2ClH/c1-2-3-7-14(19-10-8-18-9-11-19)12-5-4-6-13(16)15(12)17;;/h2,4-6,14,18H,1,3,7-11H2;2*1H/t14-;;/m1../s1. The first-order valence-corrected chi connectivity index (χ1v) is 7.53. The number of nitrogens with zero attached hydrogens (tertiary/aromatic N) is 1. The molecule has 2 nitrogen and oxygen atoms in total. The average molecular weight is 400 g/mol. The quantitative estimate of drug-likeness (QED) is 0.740. The third-order valence-corrected chi connectivity index (χ3v) is 4.19. The predicted octanol–water partition coefficient (Wildman–Crippen LogP) is 4.34. The molecule has 6 heteroatoms. The molecule has 1 aliphatic heterocycles. The summed E-state index contributed by atoms with van der Waals surface area (Å²) < 4.78 is 14.9. The third-order valence-electron chi connectivity index (χ3n) is 3.58. The van der Waals surface area contributed by atoms with Crippen molar-refractivity contribution in [1.82, 2.24) is 10.2 Å². The summed E-state index contributed by atoms with van der Waals surface area (Å²) in [4.78, 5) is 2.37. The molecule has 0 radical (unpaired) electrons. The van der Waals surface area contributed by atoms with Crippen molar-refractivity contribution >= 4 is 40.7 Å². The monoisotopic (exact) mass is 398 g/mol. The Morgan fingerprint density at radius 3 is 2.62 bits per heavy atom. The van der Waals surface area contributed by atoms with Crippen LogP contribution in [0.15, 0.2) is 35.3 Å². The van der Waals surface area contributed by atoms with E-state index in [4.69, 9.17) is 0 Å². The molecule has 0 spiro atoms. The van der Waals surface area contributed by atoms with Crippen LogP contribution in [0.25, 0.3) is 0 Å². The Morgan fingerprint density at radius 1 is 1.33 bits per heavy atom. The fourth-order valence-corrected chi connectivity index (χ4v) is 2.96. The molecule has 0 aliphatic carbocycles. The van der Waals surface area contributed by atoms with Gasteiger partial charge in [0.05, 0.1) is 4.47 Å². The molecule has 2 rings (SSSR count). The van der Waals surface area contributed by atoms with E-state index in [0.717, 1.165) is 44.6 Å². The van der Waals surface area contributed by atoms with E-state index in [2.05, 4.69) is 32.7 Å². The molecular formula is C15H22BrCl2FN2. The molecule has 0 aromatic heterocycles. The van der Waals surface area contributed by atoms with Crippen molar-refractivity contribution in [2.75, 3.05) is 26.2 Å². The lowest BCUT2D eigenvalue weighted by atomic mass is 9.99. The molecule has 0 amide bonds. The van der Waals surface area contributed by atoms with E-state index in [1.54, 1.807) is 6.07 Å².